The van der Waals surface area contributed by atoms with E-state index in [1.807, 2.05) is 11.9 Å². The highest BCUT2D eigenvalue weighted by Gasteiger charge is 2.21. The van der Waals surface area contributed by atoms with Gasteiger partial charge in [-0.1, -0.05) is 0 Å². The van der Waals surface area contributed by atoms with Gasteiger partial charge in [-0.05, 0) is 36.4 Å². The number of nitrogens with one attached hydrogen (secondary N) is 1. The van der Waals surface area contributed by atoms with E-state index in [0.29, 0.717) is 6.04 Å². The third kappa shape index (κ3) is 2.54. The van der Waals surface area contributed by atoms with Gasteiger partial charge in [0.05, 0.1) is 0 Å². The van der Waals surface area contributed by atoms with Crippen LogP contribution < -0.4 is 5.32 Å². The monoisotopic (exact) mass is 224 g/mol. The fourth-order valence-electron chi connectivity index (χ4n) is 1.90. The summed E-state index contributed by atoms with van der Waals surface area (Å²) in [5, 5.41) is 14.0. The molecule has 88 valence electrons. The quantitative estimate of drug-likeness (QED) is 0.704. The van der Waals surface area contributed by atoms with Crippen molar-refractivity contribution in [3.05, 3.63) is 6.33 Å². The number of aromatic nitrogens is 4. The molecule has 1 N–H and O–H groups in total. The fraction of sp³-hybridized carbons (Fsp3) is 0.778. The molecule has 1 amide bonds. The Kier molecular flexibility index (Phi) is 3.45. The maximum atomic E-state index is 11.9. The number of hydrogen-bond donors (Lipinski definition) is 1. The highest BCUT2D eigenvalue weighted by molar-refractivity contribution is 5.75. The largest absolute Gasteiger partial charge is 0.341 e. The van der Waals surface area contributed by atoms with Crippen molar-refractivity contribution in [2.24, 2.45) is 0 Å². The first-order chi connectivity index (χ1) is 7.77. The lowest BCUT2D eigenvalue weighted by Crippen LogP contribution is -2.45. The summed E-state index contributed by atoms with van der Waals surface area (Å²) >= 11 is 0. The highest BCUT2D eigenvalue weighted by atomic mass is 16.2. The third-order valence-corrected chi connectivity index (χ3v) is 2.94. The summed E-state index contributed by atoms with van der Waals surface area (Å²) in [5.41, 5.74) is 0. The summed E-state index contributed by atoms with van der Waals surface area (Å²) in [5.74, 6) is 0.0548. The van der Waals surface area contributed by atoms with Gasteiger partial charge in [0.2, 0.25) is 5.91 Å². The van der Waals surface area contributed by atoms with Crippen LogP contribution in [0.3, 0.4) is 0 Å². The Bertz CT molecular complexity index is 332. The molecular formula is C9H16N6O. The maximum Gasteiger partial charge on any atom is 0.244 e. The van der Waals surface area contributed by atoms with E-state index in [1.54, 1.807) is 0 Å². The predicted octanol–water partition coefficient (Wildman–Crippen LogP) is -1.12. The van der Waals surface area contributed by atoms with Crippen LogP contribution in [0.5, 0.6) is 0 Å². The summed E-state index contributed by atoms with van der Waals surface area (Å²) in [6, 6.07) is 0.338. The molecule has 1 aromatic rings. The SMILES string of the molecule is CN(C(=O)Cn1cnnn1)C1CCNCC1. The number of carbonyl (C=O) groups is 1. The molecule has 0 saturated carbocycles. The molecule has 16 heavy (non-hydrogen) atoms. The van der Waals surface area contributed by atoms with Crippen molar-refractivity contribution in [2.45, 2.75) is 25.4 Å². The Morgan fingerprint density at radius 3 is 2.94 bits per heavy atom. The zero-order chi connectivity index (χ0) is 11.4. The zero-order valence-electron chi connectivity index (χ0n) is 9.33. The van der Waals surface area contributed by atoms with E-state index in [0.717, 1.165) is 25.9 Å². The molecule has 0 atom stereocenters. The van der Waals surface area contributed by atoms with Gasteiger partial charge in [0.25, 0.3) is 0 Å². The molecule has 1 saturated heterocycles. The average Bonchev–Trinajstić information content (AvgIpc) is 2.82. The van der Waals surface area contributed by atoms with Crippen LogP contribution in [-0.2, 0) is 11.3 Å². The van der Waals surface area contributed by atoms with E-state index in [1.165, 1.54) is 11.0 Å². The number of hydrogen-bond acceptors (Lipinski definition) is 5. The van der Waals surface area contributed by atoms with Gasteiger partial charge in [0.15, 0.2) is 0 Å². The van der Waals surface area contributed by atoms with E-state index in [9.17, 15) is 4.79 Å². The smallest absolute Gasteiger partial charge is 0.244 e. The molecule has 0 unspecified atom stereocenters. The standard InChI is InChI=1S/C9H16N6O/c1-14(8-2-4-10-5-3-8)9(16)6-15-7-11-12-13-15/h7-8,10H,2-6H2,1H3. The van der Waals surface area contributed by atoms with Gasteiger partial charge in [-0.3, -0.25) is 4.79 Å². The van der Waals surface area contributed by atoms with Crippen molar-refractivity contribution in [1.82, 2.24) is 30.4 Å². The Labute approximate surface area is 93.8 Å². The maximum absolute atomic E-state index is 11.9. The molecule has 1 aliphatic heterocycles. The topological polar surface area (TPSA) is 75.9 Å². The molecule has 1 aromatic heterocycles. The van der Waals surface area contributed by atoms with Crippen molar-refractivity contribution >= 4 is 5.91 Å². The van der Waals surface area contributed by atoms with Crippen LogP contribution in [0.2, 0.25) is 0 Å². The Morgan fingerprint density at radius 1 is 1.56 bits per heavy atom. The van der Waals surface area contributed by atoms with Crippen LogP contribution >= 0.6 is 0 Å². The highest BCUT2D eigenvalue weighted by Crippen LogP contribution is 2.10. The van der Waals surface area contributed by atoms with Crippen molar-refractivity contribution in [3.63, 3.8) is 0 Å². The van der Waals surface area contributed by atoms with Crippen molar-refractivity contribution in [3.8, 4) is 0 Å². The third-order valence-electron chi connectivity index (χ3n) is 2.94. The van der Waals surface area contributed by atoms with E-state index >= 15 is 0 Å². The summed E-state index contributed by atoms with van der Waals surface area (Å²) in [6.07, 6.45) is 3.48. The minimum Gasteiger partial charge on any atom is -0.341 e. The zero-order valence-corrected chi connectivity index (χ0v) is 9.33. The Hall–Kier alpha value is -1.50. The Morgan fingerprint density at radius 2 is 2.31 bits per heavy atom. The lowest BCUT2D eigenvalue weighted by Gasteiger charge is -2.31. The molecule has 2 heterocycles. The molecule has 2 rings (SSSR count). The van der Waals surface area contributed by atoms with E-state index < -0.39 is 0 Å². The van der Waals surface area contributed by atoms with Gasteiger partial charge in [-0.15, -0.1) is 5.10 Å². The molecule has 0 radical (unpaired) electrons. The molecular weight excluding hydrogens is 208 g/mol. The number of tetrazole rings is 1. The number of nitrogens with zero attached hydrogens (tertiary/aromatic N) is 5. The molecule has 1 fully saturated rings. The molecule has 0 aliphatic carbocycles. The predicted molar refractivity (Wildman–Crippen MR) is 56.5 cm³/mol. The van der Waals surface area contributed by atoms with Gasteiger partial charge in [-0.2, -0.15) is 0 Å². The fourth-order valence-corrected chi connectivity index (χ4v) is 1.90. The second-order valence-corrected chi connectivity index (χ2v) is 3.99. The van der Waals surface area contributed by atoms with Crippen molar-refractivity contribution < 1.29 is 4.79 Å². The number of piperidine rings is 1. The number of amides is 1. The molecule has 0 spiro atoms. The van der Waals surface area contributed by atoms with E-state index in [-0.39, 0.29) is 12.5 Å². The number of rotatable bonds is 3. The van der Waals surface area contributed by atoms with Crippen LogP contribution in [0, 0.1) is 0 Å². The van der Waals surface area contributed by atoms with Crippen LogP contribution in [0.25, 0.3) is 0 Å². The van der Waals surface area contributed by atoms with E-state index in [4.69, 9.17) is 0 Å². The summed E-state index contributed by atoms with van der Waals surface area (Å²) in [4.78, 5) is 13.7. The lowest BCUT2D eigenvalue weighted by atomic mass is 10.1. The minimum atomic E-state index is 0.0548. The van der Waals surface area contributed by atoms with Gasteiger partial charge < -0.3 is 10.2 Å². The van der Waals surface area contributed by atoms with Gasteiger partial charge in [-0.25, -0.2) is 4.68 Å². The molecule has 0 aromatic carbocycles. The molecule has 1 aliphatic rings. The molecule has 7 nitrogen and oxygen atoms in total. The molecule has 7 heteroatoms. The average molecular weight is 224 g/mol. The second-order valence-electron chi connectivity index (χ2n) is 3.99. The summed E-state index contributed by atoms with van der Waals surface area (Å²) in [7, 11) is 1.85. The lowest BCUT2D eigenvalue weighted by molar-refractivity contribution is -0.133. The normalized spacial score (nSPS) is 17.3. The first-order valence-electron chi connectivity index (χ1n) is 5.44. The van der Waals surface area contributed by atoms with Crippen LogP contribution in [0.15, 0.2) is 6.33 Å². The summed E-state index contributed by atoms with van der Waals surface area (Å²) < 4.78 is 1.44. The number of likely N-dealkylation sites (N-methyl/N-ethyl adjacent to an activating group) is 1. The minimum absolute atomic E-state index is 0.0548. The first-order valence-corrected chi connectivity index (χ1v) is 5.44. The van der Waals surface area contributed by atoms with Crippen LogP contribution in [-0.4, -0.2) is 57.2 Å². The molecule has 0 bridgehead atoms. The van der Waals surface area contributed by atoms with Gasteiger partial charge in [0.1, 0.15) is 12.9 Å². The van der Waals surface area contributed by atoms with Gasteiger partial charge >= 0.3 is 0 Å². The second kappa shape index (κ2) is 5.02. The van der Waals surface area contributed by atoms with E-state index in [2.05, 4.69) is 20.8 Å². The van der Waals surface area contributed by atoms with Crippen LogP contribution in [0.1, 0.15) is 12.8 Å². The van der Waals surface area contributed by atoms with Crippen molar-refractivity contribution in [1.29, 1.82) is 0 Å². The first kappa shape index (κ1) is 11.0. The number of carbonyl (C=O) groups excluding carboxylic acids is 1. The Balaban J connectivity index is 1.88. The van der Waals surface area contributed by atoms with Crippen molar-refractivity contribution in [2.75, 3.05) is 20.1 Å². The van der Waals surface area contributed by atoms with Gasteiger partial charge in [0, 0.05) is 13.1 Å². The van der Waals surface area contributed by atoms with Crippen LogP contribution in [0.4, 0.5) is 0 Å². The summed E-state index contributed by atoms with van der Waals surface area (Å²) in [6.45, 7) is 2.17.